The van der Waals surface area contributed by atoms with Crippen LogP contribution >= 0.6 is 46.0 Å². The molecule has 0 unspecified atom stereocenters. The Balaban J connectivity index is 1.48. The SMILES string of the molecule is CCOc1cc(/C=C2/SC(=O)N(CC(=O)Nc3ccc(F)c(Cl)c3)C2=O)cc(I)c1OCc1ccccc1. The van der Waals surface area contributed by atoms with Gasteiger partial charge in [-0.1, -0.05) is 41.9 Å². The standard InChI is InChI=1S/C27H21ClFIN2O5S/c1-2-36-22-11-17(10-21(30)25(22)37-15-16-6-4-3-5-7-16)12-23-26(34)32(27(35)38-23)14-24(33)31-18-8-9-20(29)19(28)13-18/h3-13H,2,14-15H2,1H3,(H,31,33)/b23-12+. The Bertz CT molecular complexity index is 1420. The fraction of sp³-hybridized carbons (Fsp3) is 0.148. The molecule has 196 valence electrons. The molecule has 0 spiro atoms. The van der Waals surface area contributed by atoms with E-state index in [9.17, 15) is 18.8 Å². The summed E-state index contributed by atoms with van der Waals surface area (Å²) in [5, 5.41) is 1.77. The number of hydrogen-bond acceptors (Lipinski definition) is 6. The minimum atomic E-state index is -0.626. The zero-order valence-electron chi connectivity index (χ0n) is 20.0. The van der Waals surface area contributed by atoms with Crippen LogP contribution in [0.15, 0.2) is 65.6 Å². The Kier molecular flexibility index (Phi) is 9.29. The molecule has 4 rings (SSSR count). The highest BCUT2D eigenvalue weighted by molar-refractivity contribution is 14.1. The zero-order chi connectivity index (χ0) is 27.2. The topological polar surface area (TPSA) is 84.9 Å². The Labute approximate surface area is 241 Å². The van der Waals surface area contributed by atoms with Crippen molar-refractivity contribution in [3.63, 3.8) is 0 Å². The summed E-state index contributed by atoms with van der Waals surface area (Å²) < 4.78 is 25.9. The van der Waals surface area contributed by atoms with Crippen LogP contribution in [-0.4, -0.2) is 35.1 Å². The Morgan fingerprint density at radius 3 is 2.61 bits per heavy atom. The van der Waals surface area contributed by atoms with Crippen molar-refractivity contribution < 1.29 is 28.2 Å². The molecule has 0 bridgehead atoms. The average molecular weight is 667 g/mol. The van der Waals surface area contributed by atoms with Crippen molar-refractivity contribution in [2.45, 2.75) is 13.5 Å². The highest BCUT2D eigenvalue weighted by Crippen LogP contribution is 2.38. The summed E-state index contributed by atoms with van der Waals surface area (Å²) in [7, 11) is 0. The molecule has 11 heteroatoms. The Morgan fingerprint density at radius 2 is 1.89 bits per heavy atom. The van der Waals surface area contributed by atoms with E-state index in [1.165, 1.54) is 12.1 Å². The number of ether oxygens (including phenoxy) is 2. The quantitative estimate of drug-likeness (QED) is 0.201. The van der Waals surface area contributed by atoms with Gasteiger partial charge >= 0.3 is 0 Å². The van der Waals surface area contributed by atoms with Gasteiger partial charge in [-0.15, -0.1) is 0 Å². The maximum absolute atomic E-state index is 13.3. The molecule has 0 aromatic heterocycles. The first-order chi connectivity index (χ1) is 18.2. The van der Waals surface area contributed by atoms with Gasteiger partial charge in [0, 0.05) is 5.69 Å². The molecule has 1 saturated heterocycles. The second-order valence-electron chi connectivity index (χ2n) is 7.98. The third kappa shape index (κ3) is 6.86. The maximum Gasteiger partial charge on any atom is 0.294 e. The van der Waals surface area contributed by atoms with Gasteiger partial charge in [0.1, 0.15) is 19.0 Å². The average Bonchev–Trinajstić information content (AvgIpc) is 3.13. The van der Waals surface area contributed by atoms with Crippen LogP contribution in [0.25, 0.3) is 6.08 Å². The number of anilines is 1. The Morgan fingerprint density at radius 1 is 1.13 bits per heavy atom. The number of nitrogens with zero attached hydrogens (tertiary/aromatic N) is 1. The largest absolute Gasteiger partial charge is 0.490 e. The van der Waals surface area contributed by atoms with E-state index in [2.05, 4.69) is 27.9 Å². The zero-order valence-corrected chi connectivity index (χ0v) is 23.7. The molecular weight excluding hydrogens is 646 g/mol. The normalized spacial score (nSPS) is 14.2. The van der Waals surface area contributed by atoms with Gasteiger partial charge in [0.15, 0.2) is 11.5 Å². The monoisotopic (exact) mass is 666 g/mol. The first-order valence-corrected chi connectivity index (χ1v) is 13.7. The molecule has 3 aromatic rings. The summed E-state index contributed by atoms with van der Waals surface area (Å²) in [6.07, 6.45) is 1.58. The molecule has 0 aliphatic carbocycles. The number of nitrogens with one attached hydrogen (secondary N) is 1. The summed E-state index contributed by atoms with van der Waals surface area (Å²) >= 11 is 8.61. The second-order valence-corrected chi connectivity index (χ2v) is 10.5. The highest BCUT2D eigenvalue weighted by atomic mass is 127. The molecular formula is C27H21ClFIN2O5S. The molecule has 3 aromatic carbocycles. The van der Waals surface area contributed by atoms with E-state index < -0.39 is 29.4 Å². The number of halogens is 3. The molecule has 0 atom stereocenters. The van der Waals surface area contributed by atoms with Gasteiger partial charge in [0.05, 0.1) is 20.1 Å². The summed E-state index contributed by atoms with van der Waals surface area (Å²) in [6, 6.07) is 17.0. The smallest absolute Gasteiger partial charge is 0.294 e. The third-order valence-electron chi connectivity index (χ3n) is 5.23. The van der Waals surface area contributed by atoms with E-state index in [0.717, 1.165) is 31.9 Å². The van der Waals surface area contributed by atoms with E-state index in [0.29, 0.717) is 30.3 Å². The minimum Gasteiger partial charge on any atom is -0.490 e. The lowest BCUT2D eigenvalue weighted by Crippen LogP contribution is -2.36. The first-order valence-electron chi connectivity index (χ1n) is 11.4. The summed E-state index contributed by atoms with van der Waals surface area (Å²) in [6.45, 7) is 2.13. The van der Waals surface area contributed by atoms with Crippen molar-refractivity contribution >= 4 is 74.8 Å². The maximum atomic E-state index is 13.3. The predicted octanol–water partition coefficient (Wildman–Crippen LogP) is 6.74. The number of imide groups is 1. The van der Waals surface area contributed by atoms with Crippen LogP contribution in [0.5, 0.6) is 11.5 Å². The highest BCUT2D eigenvalue weighted by Gasteiger charge is 2.36. The van der Waals surface area contributed by atoms with Crippen molar-refractivity contribution in [2.24, 2.45) is 0 Å². The number of rotatable bonds is 9. The lowest BCUT2D eigenvalue weighted by Gasteiger charge is -2.15. The molecule has 1 aliphatic rings. The van der Waals surface area contributed by atoms with E-state index in [1.54, 1.807) is 12.1 Å². The van der Waals surface area contributed by atoms with Gasteiger partial charge in [-0.3, -0.25) is 19.3 Å². The molecule has 1 fully saturated rings. The van der Waals surface area contributed by atoms with Gasteiger partial charge in [-0.25, -0.2) is 4.39 Å². The third-order valence-corrected chi connectivity index (χ3v) is 7.23. The molecule has 1 N–H and O–H groups in total. The van der Waals surface area contributed by atoms with Crippen LogP contribution in [-0.2, 0) is 16.2 Å². The summed E-state index contributed by atoms with van der Waals surface area (Å²) in [5.74, 6) is -0.745. The van der Waals surface area contributed by atoms with Gasteiger partial charge in [-0.2, -0.15) is 0 Å². The molecule has 0 saturated carbocycles. The summed E-state index contributed by atoms with van der Waals surface area (Å²) in [5.41, 5.74) is 1.90. The van der Waals surface area contributed by atoms with Gasteiger partial charge < -0.3 is 14.8 Å². The van der Waals surface area contributed by atoms with Crippen molar-refractivity contribution in [2.75, 3.05) is 18.5 Å². The fourth-order valence-electron chi connectivity index (χ4n) is 3.51. The van der Waals surface area contributed by atoms with Crippen LogP contribution in [0.1, 0.15) is 18.1 Å². The number of amides is 3. The number of carbonyl (C=O) groups excluding carboxylic acids is 3. The van der Waals surface area contributed by atoms with Crippen LogP contribution in [0.3, 0.4) is 0 Å². The van der Waals surface area contributed by atoms with Gasteiger partial charge in [0.2, 0.25) is 5.91 Å². The van der Waals surface area contributed by atoms with Crippen molar-refractivity contribution in [3.8, 4) is 11.5 Å². The predicted molar refractivity (Wildman–Crippen MR) is 154 cm³/mol. The van der Waals surface area contributed by atoms with Crippen molar-refractivity contribution in [1.29, 1.82) is 0 Å². The lowest BCUT2D eigenvalue weighted by molar-refractivity contribution is -0.127. The van der Waals surface area contributed by atoms with Crippen molar-refractivity contribution in [1.82, 2.24) is 4.90 Å². The van der Waals surface area contributed by atoms with Crippen LogP contribution < -0.4 is 14.8 Å². The number of thioether (sulfide) groups is 1. The molecule has 1 aliphatic heterocycles. The first kappa shape index (κ1) is 27.9. The number of benzene rings is 3. The van der Waals surface area contributed by atoms with E-state index in [1.807, 2.05) is 43.3 Å². The molecule has 3 amide bonds. The van der Waals surface area contributed by atoms with Gasteiger partial charge in [-0.05, 0) is 88.8 Å². The second kappa shape index (κ2) is 12.6. The number of carbonyl (C=O) groups is 3. The number of hydrogen-bond donors (Lipinski definition) is 1. The minimum absolute atomic E-state index is 0.158. The van der Waals surface area contributed by atoms with Crippen LogP contribution in [0, 0.1) is 9.39 Å². The Hall–Kier alpha value is -3.09. The van der Waals surface area contributed by atoms with E-state index >= 15 is 0 Å². The fourth-order valence-corrected chi connectivity index (χ4v) is 5.31. The lowest BCUT2D eigenvalue weighted by atomic mass is 10.1. The summed E-state index contributed by atoms with van der Waals surface area (Å²) in [4.78, 5) is 38.9. The van der Waals surface area contributed by atoms with Crippen LogP contribution in [0.2, 0.25) is 5.02 Å². The molecule has 7 nitrogen and oxygen atoms in total. The van der Waals surface area contributed by atoms with Crippen LogP contribution in [0.4, 0.5) is 14.9 Å². The molecule has 1 heterocycles. The van der Waals surface area contributed by atoms with E-state index in [-0.39, 0.29) is 15.6 Å². The molecule has 0 radical (unpaired) electrons. The molecule has 38 heavy (non-hydrogen) atoms. The van der Waals surface area contributed by atoms with Gasteiger partial charge in [0.25, 0.3) is 11.1 Å². The van der Waals surface area contributed by atoms with E-state index in [4.69, 9.17) is 21.1 Å². The van der Waals surface area contributed by atoms with Crippen molar-refractivity contribution in [3.05, 3.63) is 91.1 Å².